The highest BCUT2D eigenvalue weighted by Crippen LogP contribution is 2.31. The van der Waals surface area contributed by atoms with Gasteiger partial charge in [-0.2, -0.15) is 0 Å². The maximum Gasteiger partial charge on any atom is 0.236 e. The van der Waals surface area contributed by atoms with Gasteiger partial charge in [-0.05, 0) is 62.3 Å². The zero-order valence-electron chi connectivity index (χ0n) is 17.4. The Hall–Kier alpha value is -2.73. The molecule has 5 rings (SSSR count). The second-order valence-electron chi connectivity index (χ2n) is 8.63. The SMILES string of the molecule is O=C(CN1CCCC1c1nnc2ccccn12)N1CCC(Cc2ccccc2)CC1. The molecule has 0 aliphatic carbocycles. The lowest BCUT2D eigenvalue weighted by atomic mass is 9.90. The highest BCUT2D eigenvalue weighted by Gasteiger charge is 2.33. The van der Waals surface area contributed by atoms with Crippen molar-refractivity contribution in [1.82, 2.24) is 24.4 Å². The van der Waals surface area contributed by atoms with Crippen LogP contribution in [0.2, 0.25) is 0 Å². The van der Waals surface area contributed by atoms with E-state index in [0.717, 1.165) is 63.2 Å². The van der Waals surface area contributed by atoms with Crippen LogP contribution in [0.3, 0.4) is 0 Å². The van der Waals surface area contributed by atoms with E-state index < -0.39 is 0 Å². The average molecular weight is 404 g/mol. The van der Waals surface area contributed by atoms with Gasteiger partial charge in [-0.25, -0.2) is 0 Å². The van der Waals surface area contributed by atoms with Gasteiger partial charge in [0.25, 0.3) is 0 Å². The number of pyridine rings is 1. The molecule has 2 aliphatic rings. The van der Waals surface area contributed by atoms with Crippen LogP contribution in [-0.4, -0.2) is 56.5 Å². The van der Waals surface area contributed by atoms with E-state index in [1.807, 2.05) is 24.4 Å². The molecule has 2 saturated heterocycles. The van der Waals surface area contributed by atoms with Gasteiger partial charge in [0, 0.05) is 19.3 Å². The van der Waals surface area contributed by atoms with Crippen molar-refractivity contribution >= 4 is 11.6 Å². The van der Waals surface area contributed by atoms with Gasteiger partial charge in [0.15, 0.2) is 11.5 Å². The lowest BCUT2D eigenvalue weighted by Gasteiger charge is -2.34. The van der Waals surface area contributed by atoms with E-state index in [2.05, 4.69) is 54.7 Å². The number of nitrogens with zero attached hydrogens (tertiary/aromatic N) is 5. The van der Waals surface area contributed by atoms with E-state index >= 15 is 0 Å². The summed E-state index contributed by atoms with van der Waals surface area (Å²) in [6.45, 7) is 3.18. The number of rotatable bonds is 5. The molecule has 0 spiro atoms. The number of carbonyl (C=O) groups excluding carboxylic acids is 1. The minimum absolute atomic E-state index is 0.168. The Morgan fingerprint density at radius 1 is 0.933 bits per heavy atom. The second-order valence-corrected chi connectivity index (χ2v) is 8.63. The molecule has 1 atom stereocenters. The number of hydrogen-bond acceptors (Lipinski definition) is 4. The number of hydrogen-bond donors (Lipinski definition) is 0. The summed E-state index contributed by atoms with van der Waals surface area (Å²) in [4.78, 5) is 17.4. The quantitative estimate of drug-likeness (QED) is 0.656. The minimum atomic E-state index is 0.168. The van der Waals surface area contributed by atoms with Crippen molar-refractivity contribution in [1.29, 1.82) is 0 Å². The van der Waals surface area contributed by atoms with E-state index in [0.29, 0.717) is 12.5 Å². The Kier molecular flexibility index (Phi) is 5.49. The van der Waals surface area contributed by atoms with Gasteiger partial charge in [0.05, 0.1) is 12.6 Å². The molecule has 1 unspecified atom stereocenters. The molecule has 6 heteroatoms. The fourth-order valence-corrected chi connectivity index (χ4v) is 5.00. The summed E-state index contributed by atoms with van der Waals surface area (Å²) < 4.78 is 2.06. The van der Waals surface area contributed by atoms with Crippen LogP contribution in [0.4, 0.5) is 0 Å². The first-order chi connectivity index (χ1) is 14.8. The van der Waals surface area contributed by atoms with Gasteiger partial charge in [-0.15, -0.1) is 10.2 Å². The summed E-state index contributed by atoms with van der Waals surface area (Å²) in [7, 11) is 0. The molecule has 6 nitrogen and oxygen atoms in total. The molecule has 3 aromatic rings. The number of benzene rings is 1. The van der Waals surface area contributed by atoms with Crippen molar-refractivity contribution < 1.29 is 4.79 Å². The smallest absolute Gasteiger partial charge is 0.236 e. The predicted molar refractivity (Wildman–Crippen MR) is 116 cm³/mol. The first-order valence-electron chi connectivity index (χ1n) is 11.1. The normalized spacial score (nSPS) is 20.8. The van der Waals surface area contributed by atoms with Crippen LogP contribution in [0.25, 0.3) is 5.65 Å². The second kappa shape index (κ2) is 8.56. The molecule has 2 aliphatic heterocycles. The van der Waals surface area contributed by atoms with Crippen molar-refractivity contribution in [2.75, 3.05) is 26.2 Å². The molecule has 0 bridgehead atoms. The third-order valence-electron chi connectivity index (χ3n) is 6.67. The summed E-state index contributed by atoms with van der Waals surface area (Å²) in [6, 6.07) is 16.8. The molecular formula is C24H29N5O. The highest BCUT2D eigenvalue weighted by molar-refractivity contribution is 5.78. The van der Waals surface area contributed by atoms with E-state index in [1.165, 1.54) is 5.56 Å². The van der Waals surface area contributed by atoms with E-state index in [9.17, 15) is 4.79 Å². The molecule has 0 saturated carbocycles. The number of fused-ring (bicyclic) bond motifs is 1. The number of carbonyl (C=O) groups is 1. The third kappa shape index (κ3) is 3.97. The average Bonchev–Trinajstić information content (AvgIpc) is 3.41. The summed E-state index contributed by atoms with van der Waals surface area (Å²) in [5.41, 5.74) is 2.27. The molecule has 0 radical (unpaired) electrons. The maximum atomic E-state index is 13.0. The van der Waals surface area contributed by atoms with Gasteiger partial charge < -0.3 is 4.90 Å². The van der Waals surface area contributed by atoms with Crippen LogP contribution in [0.5, 0.6) is 0 Å². The molecule has 1 aromatic carbocycles. The van der Waals surface area contributed by atoms with Crippen LogP contribution < -0.4 is 0 Å². The Bertz CT molecular complexity index is 993. The number of likely N-dealkylation sites (tertiary alicyclic amines) is 2. The Labute approximate surface area is 177 Å². The van der Waals surface area contributed by atoms with Crippen molar-refractivity contribution in [3.8, 4) is 0 Å². The lowest BCUT2D eigenvalue weighted by molar-refractivity contribution is -0.134. The first-order valence-corrected chi connectivity index (χ1v) is 11.1. The summed E-state index contributed by atoms with van der Waals surface area (Å²) >= 11 is 0. The van der Waals surface area contributed by atoms with E-state index in [-0.39, 0.29) is 11.9 Å². The van der Waals surface area contributed by atoms with Crippen LogP contribution >= 0.6 is 0 Å². The van der Waals surface area contributed by atoms with Crippen molar-refractivity contribution in [2.24, 2.45) is 5.92 Å². The monoisotopic (exact) mass is 403 g/mol. The van der Waals surface area contributed by atoms with Gasteiger partial charge in [-0.1, -0.05) is 36.4 Å². The van der Waals surface area contributed by atoms with Gasteiger partial charge >= 0.3 is 0 Å². The number of amides is 1. The van der Waals surface area contributed by atoms with E-state index in [1.54, 1.807) is 0 Å². The molecule has 2 aromatic heterocycles. The standard InChI is InChI=1S/C24H29N5O/c30-23(27-15-11-20(12-16-27)17-19-7-2-1-3-8-19)18-28-13-6-9-21(28)24-26-25-22-10-4-5-14-29(22)24/h1-5,7-8,10,14,20-21H,6,9,11-13,15-18H2. The maximum absolute atomic E-state index is 13.0. The summed E-state index contributed by atoms with van der Waals surface area (Å²) in [5.74, 6) is 1.89. The fourth-order valence-electron chi connectivity index (χ4n) is 5.00. The van der Waals surface area contributed by atoms with Crippen molar-refractivity contribution in [3.05, 3.63) is 66.1 Å². The summed E-state index contributed by atoms with van der Waals surface area (Å²) in [5, 5.41) is 8.74. The molecule has 2 fully saturated rings. The zero-order valence-corrected chi connectivity index (χ0v) is 17.4. The third-order valence-corrected chi connectivity index (χ3v) is 6.67. The summed E-state index contributed by atoms with van der Waals surface area (Å²) in [6.07, 6.45) is 7.45. The van der Waals surface area contributed by atoms with Crippen LogP contribution in [0.1, 0.15) is 43.1 Å². The molecule has 4 heterocycles. The fraction of sp³-hybridized carbons (Fsp3) is 0.458. The zero-order chi connectivity index (χ0) is 20.3. The van der Waals surface area contributed by atoms with Crippen molar-refractivity contribution in [2.45, 2.75) is 38.1 Å². The first kappa shape index (κ1) is 19.2. The van der Waals surface area contributed by atoms with Gasteiger partial charge in [0.2, 0.25) is 5.91 Å². The number of piperidine rings is 1. The lowest BCUT2D eigenvalue weighted by Crippen LogP contribution is -2.44. The Balaban J connectivity index is 1.18. The largest absolute Gasteiger partial charge is 0.342 e. The van der Waals surface area contributed by atoms with Gasteiger partial charge in [0.1, 0.15) is 0 Å². The van der Waals surface area contributed by atoms with Crippen LogP contribution in [0, 0.1) is 5.92 Å². The minimum Gasteiger partial charge on any atom is -0.342 e. The topological polar surface area (TPSA) is 53.7 Å². The van der Waals surface area contributed by atoms with Crippen molar-refractivity contribution in [3.63, 3.8) is 0 Å². The molecule has 1 amide bonds. The van der Waals surface area contributed by atoms with Gasteiger partial charge in [-0.3, -0.25) is 14.1 Å². The highest BCUT2D eigenvalue weighted by atomic mass is 16.2. The predicted octanol–water partition coefficient (Wildman–Crippen LogP) is 3.35. The molecule has 156 valence electrons. The number of aromatic nitrogens is 3. The van der Waals surface area contributed by atoms with Crippen LogP contribution in [-0.2, 0) is 11.2 Å². The van der Waals surface area contributed by atoms with Crippen LogP contribution in [0.15, 0.2) is 54.7 Å². The Morgan fingerprint density at radius 3 is 2.57 bits per heavy atom. The van der Waals surface area contributed by atoms with E-state index in [4.69, 9.17) is 0 Å². The Morgan fingerprint density at radius 2 is 1.73 bits per heavy atom. The molecule has 0 N–H and O–H groups in total. The molecule has 30 heavy (non-hydrogen) atoms. The molecular weight excluding hydrogens is 374 g/mol.